The maximum absolute atomic E-state index is 10.1. The fourth-order valence-electron chi connectivity index (χ4n) is 1.96. The fourth-order valence-corrected chi connectivity index (χ4v) is 1.96. The highest BCUT2D eigenvalue weighted by Crippen LogP contribution is 2.10. The molecular formula is C11H25N3O. The van der Waals surface area contributed by atoms with Gasteiger partial charge in [0.15, 0.2) is 0 Å². The summed E-state index contributed by atoms with van der Waals surface area (Å²) >= 11 is 0. The van der Waals surface area contributed by atoms with Gasteiger partial charge in [0.2, 0.25) is 0 Å². The molecule has 2 N–H and O–H groups in total. The molecule has 0 bridgehead atoms. The summed E-state index contributed by atoms with van der Waals surface area (Å²) in [5.41, 5.74) is -0.600. The molecular weight excluding hydrogens is 190 g/mol. The Hall–Kier alpha value is -0.160. The lowest BCUT2D eigenvalue weighted by Crippen LogP contribution is -2.44. The first-order valence-corrected chi connectivity index (χ1v) is 5.72. The Morgan fingerprint density at radius 1 is 1.53 bits per heavy atom. The maximum atomic E-state index is 10.1. The standard InChI is InChI=1S/C11H25N3O/c1-10-7-14(6-5-13(3)4)9-11(2,15)8-12-10/h10,12,15H,5-9H2,1-4H3. The molecule has 0 aliphatic carbocycles. The van der Waals surface area contributed by atoms with Crippen LogP contribution in [0.1, 0.15) is 13.8 Å². The van der Waals surface area contributed by atoms with Crippen molar-refractivity contribution in [2.75, 3.05) is 46.8 Å². The molecule has 1 rings (SSSR count). The van der Waals surface area contributed by atoms with E-state index < -0.39 is 5.60 Å². The van der Waals surface area contributed by atoms with E-state index in [1.807, 2.05) is 6.92 Å². The van der Waals surface area contributed by atoms with E-state index >= 15 is 0 Å². The Balaban J connectivity index is 2.46. The van der Waals surface area contributed by atoms with Gasteiger partial charge in [-0.1, -0.05) is 0 Å². The molecule has 1 heterocycles. The Labute approximate surface area is 93.2 Å². The average molecular weight is 215 g/mol. The van der Waals surface area contributed by atoms with Gasteiger partial charge >= 0.3 is 0 Å². The summed E-state index contributed by atoms with van der Waals surface area (Å²) in [5, 5.41) is 13.4. The van der Waals surface area contributed by atoms with Crippen molar-refractivity contribution in [1.29, 1.82) is 0 Å². The minimum atomic E-state index is -0.600. The van der Waals surface area contributed by atoms with Crippen LogP contribution in [0.3, 0.4) is 0 Å². The summed E-state index contributed by atoms with van der Waals surface area (Å²) in [7, 11) is 4.16. The summed E-state index contributed by atoms with van der Waals surface area (Å²) in [5.74, 6) is 0. The fraction of sp³-hybridized carbons (Fsp3) is 1.00. The van der Waals surface area contributed by atoms with Crippen molar-refractivity contribution in [2.45, 2.75) is 25.5 Å². The second-order valence-electron chi connectivity index (χ2n) is 5.32. The normalized spacial score (nSPS) is 34.4. The van der Waals surface area contributed by atoms with Crippen LogP contribution < -0.4 is 5.32 Å². The molecule has 15 heavy (non-hydrogen) atoms. The van der Waals surface area contributed by atoms with E-state index in [1.54, 1.807) is 0 Å². The summed E-state index contributed by atoms with van der Waals surface area (Å²) in [6.07, 6.45) is 0. The Morgan fingerprint density at radius 3 is 2.80 bits per heavy atom. The number of β-amino-alcohol motifs (C(OH)–C–C–N with tert-alkyl or cyclic N) is 1. The molecule has 2 atom stereocenters. The monoisotopic (exact) mass is 215 g/mol. The quantitative estimate of drug-likeness (QED) is 0.671. The Morgan fingerprint density at radius 2 is 2.20 bits per heavy atom. The van der Waals surface area contributed by atoms with Crippen LogP contribution in [0, 0.1) is 0 Å². The van der Waals surface area contributed by atoms with Crippen LogP contribution in [0.4, 0.5) is 0 Å². The van der Waals surface area contributed by atoms with Gasteiger partial charge in [-0.05, 0) is 27.9 Å². The molecule has 0 spiro atoms. The molecule has 4 nitrogen and oxygen atoms in total. The number of likely N-dealkylation sites (N-methyl/N-ethyl adjacent to an activating group) is 1. The van der Waals surface area contributed by atoms with Crippen molar-refractivity contribution >= 4 is 0 Å². The molecule has 1 saturated heterocycles. The molecule has 4 heteroatoms. The van der Waals surface area contributed by atoms with Gasteiger partial charge < -0.3 is 15.3 Å². The molecule has 1 fully saturated rings. The molecule has 0 aromatic heterocycles. The third-order valence-corrected chi connectivity index (χ3v) is 2.79. The lowest BCUT2D eigenvalue weighted by atomic mass is 10.1. The Kier molecular flexibility index (Phi) is 4.52. The SMILES string of the molecule is CC1CN(CCN(C)C)CC(C)(O)CN1. The van der Waals surface area contributed by atoms with Crippen molar-refractivity contribution in [1.82, 2.24) is 15.1 Å². The van der Waals surface area contributed by atoms with Crippen molar-refractivity contribution in [3.05, 3.63) is 0 Å². The van der Waals surface area contributed by atoms with Gasteiger partial charge in [-0.2, -0.15) is 0 Å². The third kappa shape index (κ3) is 4.93. The van der Waals surface area contributed by atoms with Crippen LogP contribution in [-0.4, -0.2) is 73.4 Å². The third-order valence-electron chi connectivity index (χ3n) is 2.79. The molecule has 0 saturated carbocycles. The zero-order chi connectivity index (χ0) is 11.5. The zero-order valence-corrected chi connectivity index (χ0v) is 10.5. The number of rotatable bonds is 3. The topological polar surface area (TPSA) is 38.7 Å². The first kappa shape index (κ1) is 12.9. The van der Waals surface area contributed by atoms with Gasteiger partial charge in [-0.25, -0.2) is 0 Å². The van der Waals surface area contributed by atoms with E-state index in [0.29, 0.717) is 12.6 Å². The maximum Gasteiger partial charge on any atom is 0.0869 e. The molecule has 0 aromatic carbocycles. The van der Waals surface area contributed by atoms with Gasteiger partial charge in [0, 0.05) is 38.8 Å². The van der Waals surface area contributed by atoms with Crippen molar-refractivity contribution in [3.8, 4) is 0 Å². The highest BCUT2D eigenvalue weighted by atomic mass is 16.3. The van der Waals surface area contributed by atoms with Crippen molar-refractivity contribution < 1.29 is 5.11 Å². The van der Waals surface area contributed by atoms with E-state index in [0.717, 1.165) is 26.2 Å². The highest BCUT2D eigenvalue weighted by molar-refractivity contribution is 4.86. The van der Waals surface area contributed by atoms with E-state index in [9.17, 15) is 5.11 Å². The lowest BCUT2D eigenvalue weighted by molar-refractivity contribution is 0.0328. The summed E-state index contributed by atoms with van der Waals surface area (Å²) in [6, 6.07) is 0.459. The van der Waals surface area contributed by atoms with Crippen LogP contribution in [0.15, 0.2) is 0 Å². The van der Waals surface area contributed by atoms with E-state index in [2.05, 4.69) is 36.1 Å². The Bertz CT molecular complexity index is 194. The van der Waals surface area contributed by atoms with Gasteiger partial charge in [-0.15, -0.1) is 0 Å². The summed E-state index contributed by atoms with van der Waals surface area (Å²) in [4.78, 5) is 4.52. The second-order valence-corrected chi connectivity index (χ2v) is 5.32. The predicted molar refractivity (Wildman–Crippen MR) is 63.1 cm³/mol. The molecule has 1 aliphatic heterocycles. The summed E-state index contributed by atoms with van der Waals surface area (Å²) in [6.45, 7) is 8.61. The predicted octanol–water partition coefficient (Wildman–Crippen LogP) is -0.407. The number of nitrogens with zero attached hydrogens (tertiary/aromatic N) is 2. The smallest absolute Gasteiger partial charge is 0.0869 e. The van der Waals surface area contributed by atoms with Crippen molar-refractivity contribution in [3.63, 3.8) is 0 Å². The van der Waals surface area contributed by atoms with Crippen LogP contribution in [-0.2, 0) is 0 Å². The molecule has 1 aliphatic rings. The second kappa shape index (κ2) is 5.25. The largest absolute Gasteiger partial charge is 0.388 e. The number of aliphatic hydroxyl groups is 1. The minimum Gasteiger partial charge on any atom is -0.388 e. The summed E-state index contributed by atoms with van der Waals surface area (Å²) < 4.78 is 0. The molecule has 0 radical (unpaired) electrons. The number of nitrogens with one attached hydrogen (secondary N) is 1. The number of hydrogen-bond acceptors (Lipinski definition) is 4. The van der Waals surface area contributed by atoms with Crippen molar-refractivity contribution in [2.24, 2.45) is 0 Å². The van der Waals surface area contributed by atoms with E-state index in [1.165, 1.54) is 0 Å². The minimum absolute atomic E-state index is 0.459. The molecule has 2 unspecified atom stereocenters. The van der Waals surface area contributed by atoms with Gasteiger partial charge in [0.1, 0.15) is 0 Å². The average Bonchev–Trinajstić information content (AvgIpc) is 2.22. The first-order chi connectivity index (χ1) is 6.89. The van der Waals surface area contributed by atoms with Gasteiger partial charge in [0.05, 0.1) is 5.60 Å². The van der Waals surface area contributed by atoms with E-state index in [-0.39, 0.29) is 0 Å². The highest BCUT2D eigenvalue weighted by Gasteiger charge is 2.28. The van der Waals surface area contributed by atoms with Gasteiger partial charge in [-0.3, -0.25) is 4.90 Å². The lowest BCUT2D eigenvalue weighted by Gasteiger charge is -2.28. The molecule has 0 amide bonds. The van der Waals surface area contributed by atoms with Gasteiger partial charge in [0.25, 0.3) is 0 Å². The van der Waals surface area contributed by atoms with E-state index in [4.69, 9.17) is 0 Å². The zero-order valence-electron chi connectivity index (χ0n) is 10.5. The van der Waals surface area contributed by atoms with Crippen LogP contribution in [0.5, 0.6) is 0 Å². The van der Waals surface area contributed by atoms with Crippen LogP contribution in [0.25, 0.3) is 0 Å². The molecule has 0 aromatic rings. The number of hydrogen-bond donors (Lipinski definition) is 2. The molecule has 90 valence electrons. The van der Waals surface area contributed by atoms with Crippen LogP contribution >= 0.6 is 0 Å². The first-order valence-electron chi connectivity index (χ1n) is 5.72. The van der Waals surface area contributed by atoms with Crippen LogP contribution in [0.2, 0.25) is 0 Å².